The lowest BCUT2D eigenvalue weighted by Gasteiger charge is -1.81. The third-order valence-electron chi connectivity index (χ3n) is 0.269. The van der Waals surface area contributed by atoms with Gasteiger partial charge in [-0.15, -0.1) is 16.9 Å². The number of carbonyl (C=O) groups is 1. The third kappa shape index (κ3) is 3.07. The first-order chi connectivity index (χ1) is 3.31. The molecule has 0 aromatic rings. The molecule has 3 nitrogen and oxygen atoms in total. The highest BCUT2D eigenvalue weighted by Crippen LogP contribution is 1.77. The van der Waals surface area contributed by atoms with E-state index in [1.165, 1.54) is 6.26 Å². The predicted octanol–water partition coefficient (Wildman–Crippen LogP) is 0.249. The van der Waals surface area contributed by atoms with Crippen molar-refractivity contribution in [2.75, 3.05) is 5.88 Å². The summed E-state index contributed by atoms with van der Waals surface area (Å²) in [6.45, 7) is 0. The molecule has 0 aliphatic heterocycles. The molecule has 0 amide bonds. The predicted molar refractivity (Wildman–Crippen MR) is 22.4 cm³/mol. The minimum Gasteiger partial charge on any atom is -0.350 e. The van der Waals surface area contributed by atoms with Crippen LogP contribution >= 0.6 is 11.6 Å². The molecule has 4 heteroatoms. The van der Waals surface area contributed by atoms with Crippen molar-refractivity contribution in [1.82, 2.24) is 0 Å². The van der Waals surface area contributed by atoms with Crippen LogP contribution in [0.1, 0.15) is 0 Å². The number of ether oxygens (including phenoxy) is 1. The van der Waals surface area contributed by atoms with Crippen molar-refractivity contribution in [1.29, 1.82) is 5.26 Å². The van der Waals surface area contributed by atoms with E-state index in [1.54, 1.807) is 0 Å². The minimum atomic E-state index is -0.718. The van der Waals surface area contributed by atoms with E-state index in [9.17, 15) is 4.79 Å². The fourth-order valence-corrected chi connectivity index (χ4v) is 0.133. The molecule has 0 saturated heterocycles. The first-order valence-corrected chi connectivity index (χ1v) is 1.99. The first-order valence-electron chi connectivity index (χ1n) is 1.46. The standard InChI is InChI=1S/C3H2ClNO2/c4-1-3(6)7-2-5/h1H2. The van der Waals surface area contributed by atoms with Crippen molar-refractivity contribution in [2.45, 2.75) is 0 Å². The Balaban J connectivity index is 3.23. The maximum absolute atomic E-state index is 9.84. The number of rotatable bonds is 1. The molecule has 0 rings (SSSR count). The van der Waals surface area contributed by atoms with Gasteiger partial charge in [-0.1, -0.05) is 0 Å². The van der Waals surface area contributed by atoms with Crippen LogP contribution in [-0.2, 0) is 9.53 Å². The average molecular weight is 120 g/mol. The quantitative estimate of drug-likeness (QED) is 0.282. The second-order valence-corrected chi connectivity index (χ2v) is 0.966. The van der Waals surface area contributed by atoms with Gasteiger partial charge in [0, 0.05) is 0 Å². The summed E-state index contributed by atoms with van der Waals surface area (Å²) in [5, 5.41) is 7.62. The Bertz CT molecular complexity index is 106. The zero-order valence-corrected chi connectivity index (χ0v) is 4.10. The molecule has 0 spiro atoms. The van der Waals surface area contributed by atoms with Crippen molar-refractivity contribution in [3.63, 3.8) is 0 Å². The van der Waals surface area contributed by atoms with Crippen LogP contribution in [0, 0.1) is 11.5 Å². The molecule has 0 fully saturated rings. The van der Waals surface area contributed by atoms with Gasteiger partial charge in [0.25, 0.3) is 6.26 Å². The molecular weight excluding hydrogens is 117 g/mol. The van der Waals surface area contributed by atoms with E-state index in [1.807, 2.05) is 0 Å². The molecule has 0 bridgehead atoms. The highest BCUT2D eigenvalue weighted by Gasteiger charge is 1.94. The zero-order valence-electron chi connectivity index (χ0n) is 3.35. The summed E-state index contributed by atoms with van der Waals surface area (Å²) in [4.78, 5) is 9.84. The second-order valence-electron chi connectivity index (χ2n) is 0.699. The van der Waals surface area contributed by atoms with Crippen LogP contribution in [0.2, 0.25) is 0 Å². The van der Waals surface area contributed by atoms with Gasteiger partial charge in [0.15, 0.2) is 0 Å². The van der Waals surface area contributed by atoms with Crippen LogP contribution in [0.3, 0.4) is 0 Å². The van der Waals surface area contributed by atoms with Gasteiger partial charge in [0.2, 0.25) is 0 Å². The van der Waals surface area contributed by atoms with Crippen LogP contribution in [0.25, 0.3) is 0 Å². The van der Waals surface area contributed by atoms with Gasteiger partial charge in [-0.05, 0) is 0 Å². The summed E-state index contributed by atoms with van der Waals surface area (Å²) in [5.41, 5.74) is 0. The normalized spacial score (nSPS) is 6.86. The molecule has 0 aromatic heterocycles. The molecular formula is C3H2ClNO2. The highest BCUT2D eigenvalue weighted by atomic mass is 35.5. The molecule has 0 aromatic carbocycles. The monoisotopic (exact) mass is 119 g/mol. The van der Waals surface area contributed by atoms with Crippen LogP contribution in [0.5, 0.6) is 0 Å². The van der Waals surface area contributed by atoms with Crippen LogP contribution in [-0.4, -0.2) is 11.8 Å². The van der Waals surface area contributed by atoms with E-state index < -0.39 is 5.97 Å². The van der Waals surface area contributed by atoms with E-state index in [2.05, 4.69) is 4.74 Å². The lowest BCUT2D eigenvalue weighted by Crippen LogP contribution is -1.99. The Morgan fingerprint density at radius 1 is 2.00 bits per heavy atom. The van der Waals surface area contributed by atoms with Crippen molar-refractivity contribution in [2.24, 2.45) is 0 Å². The molecule has 0 N–H and O–H groups in total. The summed E-state index contributed by atoms with van der Waals surface area (Å²) in [5.74, 6) is -0.989. The number of nitriles is 1. The summed E-state index contributed by atoms with van der Waals surface area (Å²) in [7, 11) is 0. The summed E-state index contributed by atoms with van der Waals surface area (Å²) in [6, 6.07) is 0. The Hall–Kier alpha value is -0.750. The Labute approximate surface area is 45.4 Å². The lowest BCUT2D eigenvalue weighted by atomic mass is 10.8. The van der Waals surface area contributed by atoms with Gasteiger partial charge < -0.3 is 4.74 Å². The molecule has 0 saturated carbocycles. The maximum Gasteiger partial charge on any atom is 0.336 e. The topological polar surface area (TPSA) is 50.1 Å². The van der Waals surface area contributed by atoms with Crippen LogP contribution in [0.4, 0.5) is 0 Å². The largest absolute Gasteiger partial charge is 0.350 e. The van der Waals surface area contributed by atoms with Gasteiger partial charge in [0.1, 0.15) is 5.88 Å². The first kappa shape index (κ1) is 6.25. The summed E-state index contributed by atoms with van der Waals surface area (Å²) >= 11 is 4.91. The Morgan fingerprint density at radius 3 is 2.71 bits per heavy atom. The minimum absolute atomic E-state index is 0.270. The van der Waals surface area contributed by atoms with E-state index in [0.717, 1.165) is 0 Å². The molecule has 7 heavy (non-hydrogen) atoms. The number of esters is 1. The van der Waals surface area contributed by atoms with Crippen molar-refractivity contribution < 1.29 is 9.53 Å². The molecule has 0 radical (unpaired) electrons. The van der Waals surface area contributed by atoms with Crippen molar-refractivity contribution >= 4 is 17.6 Å². The second kappa shape index (κ2) is 3.44. The number of carbonyl (C=O) groups excluding carboxylic acids is 1. The molecule has 0 atom stereocenters. The van der Waals surface area contributed by atoms with Gasteiger partial charge in [-0.2, -0.15) is 0 Å². The Kier molecular flexibility index (Phi) is 3.07. The van der Waals surface area contributed by atoms with E-state index >= 15 is 0 Å². The third-order valence-corrected chi connectivity index (χ3v) is 0.487. The van der Waals surface area contributed by atoms with Crippen molar-refractivity contribution in [3.05, 3.63) is 0 Å². The van der Waals surface area contributed by atoms with Gasteiger partial charge in [-0.25, -0.2) is 4.79 Å². The molecule has 0 aliphatic rings. The van der Waals surface area contributed by atoms with Crippen molar-refractivity contribution in [3.8, 4) is 6.26 Å². The average Bonchev–Trinajstić information content (AvgIpc) is 1.68. The van der Waals surface area contributed by atoms with Gasteiger partial charge in [-0.3, -0.25) is 0 Å². The number of halogens is 1. The molecule has 38 valence electrons. The number of hydrogen-bond acceptors (Lipinski definition) is 3. The van der Waals surface area contributed by atoms with Crippen LogP contribution in [0.15, 0.2) is 0 Å². The van der Waals surface area contributed by atoms with Gasteiger partial charge >= 0.3 is 5.97 Å². The molecule has 0 heterocycles. The number of nitrogens with zero attached hydrogens (tertiary/aromatic N) is 1. The van der Waals surface area contributed by atoms with E-state index in [0.29, 0.717) is 0 Å². The highest BCUT2D eigenvalue weighted by molar-refractivity contribution is 6.26. The molecule has 0 aliphatic carbocycles. The number of hydrogen-bond donors (Lipinski definition) is 0. The SMILES string of the molecule is N#COC(=O)CCl. The van der Waals surface area contributed by atoms with Crippen LogP contribution < -0.4 is 0 Å². The number of alkyl halides is 1. The molecule has 0 unspecified atom stereocenters. The smallest absolute Gasteiger partial charge is 0.336 e. The fraction of sp³-hybridized carbons (Fsp3) is 0.333. The van der Waals surface area contributed by atoms with E-state index in [4.69, 9.17) is 16.9 Å². The van der Waals surface area contributed by atoms with E-state index in [-0.39, 0.29) is 5.88 Å². The van der Waals surface area contributed by atoms with Gasteiger partial charge in [0.05, 0.1) is 0 Å². The summed E-state index contributed by atoms with van der Waals surface area (Å²) < 4.78 is 3.73. The fourth-order valence-electron chi connectivity index (χ4n) is 0.0782. The summed E-state index contributed by atoms with van der Waals surface area (Å²) in [6.07, 6.45) is 1.18. The maximum atomic E-state index is 9.84. The zero-order chi connectivity index (χ0) is 5.70. The Morgan fingerprint density at radius 2 is 2.57 bits per heavy atom. The lowest BCUT2D eigenvalue weighted by molar-refractivity contribution is -0.134.